The first-order valence-electron chi connectivity index (χ1n) is 13.9. The topological polar surface area (TPSA) is 110 Å². The van der Waals surface area contributed by atoms with Crippen LogP contribution in [0.2, 0.25) is 0 Å². The smallest absolute Gasteiger partial charge is 0.419 e. The highest BCUT2D eigenvalue weighted by Crippen LogP contribution is 2.48. The van der Waals surface area contributed by atoms with Gasteiger partial charge in [0, 0.05) is 18.8 Å². The number of carboxylic acid groups (broad SMARTS) is 1. The number of alkyl halides is 3. The third kappa shape index (κ3) is 5.24. The van der Waals surface area contributed by atoms with Crippen LogP contribution in [-0.2, 0) is 17.4 Å². The van der Waals surface area contributed by atoms with E-state index in [1.54, 1.807) is 11.0 Å². The van der Waals surface area contributed by atoms with E-state index in [2.05, 4.69) is 4.98 Å². The number of carbonyl (C=O) groups excluding carboxylic acids is 1. The van der Waals surface area contributed by atoms with Gasteiger partial charge < -0.3 is 19.6 Å². The van der Waals surface area contributed by atoms with Gasteiger partial charge >= 0.3 is 12.3 Å². The summed E-state index contributed by atoms with van der Waals surface area (Å²) in [7, 11) is 0. The van der Waals surface area contributed by atoms with Gasteiger partial charge in [-0.2, -0.15) is 18.4 Å². The zero-order valence-electron chi connectivity index (χ0n) is 23.0. The van der Waals surface area contributed by atoms with Gasteiger partial charge in [0.25, 0.3) is 5.91 Å². The Balaban J connectivity index is 1.36. The van der Waals surface area contributed by atoms with E-state index in [1.807, 2.05) is 19.1 Å². The summed E-state index contributed by atoms with van der Waals surface area (Å²) in [5.41, 5.74) is -1.57. The highest BCUT2D eigenvalue weighted by atomic mass is 32.1. The second kappa shape index (κ2) is 11.4. The SMILES string of the molecule is CCc1cc(N2C(=S)N(c3cnc(C#N)c(C(F)(F)F)c3)C(=O)C23CCC3)ccc1OCCC1CCN(C(=O)O)CC1. The lowest BCUT2D eigenvalue weighted by Crippen LogP contribution is -2.55. The molecule has 0 bridgehead atoms. The van der Waals surface area contributed by atoms with Crippen molar-refractivity contribution in [2.45, 2.75) is 63.6 Å². The van der Waals surface area contributed by atoms with Crippen molar-refractivity contribution >= 4 is 40.7 Å². The minimum absolute atomic E-state index is 0.0581. The number of nitrogens with zero attached hydrogens (tertiary/aromatic N) is 5. The average molecular weight is 602 g/mol. The first-order chi connectivity index (χ1) is 20.0. The number of pyridine rings is 1. The monoisotopic (exact) mass is 601 g/mol. The Bertz CT molecular complexity index is 1450. The summed E-state index contributed by atoms with van der Waals surface area (Å²) >= 11 is 5.71. The van der Waals surface area contributed by atoms with Crippen molar-refractivity contribution in [1.82, 2.24) is 9.88 Å². The Morgan fingerprint density at radius 1 is 1.24 bits per heavy atom. The van der Waals surface area contributed by atoms with Crippen LogP contribution in [0.3, 0.4) is 0 Å². The summed E-state index contributed by atoms with van der Waals surface area (Å²) in [5, 5.41) is 18.3. The fourth-order valence-corrected chi connectivity index (χ4v) is 6.43. The van der Waals surface area contributed by atoms with Crippen LogP contribution in [0.5, 0.6) is 5.75 Å². The van der Waals surface area contributed by atoms with Crippen molar-refractivity contribution in [2.75, 3.05) is 29.5 Å². The number of nitriles is 1. The van der Waals surface area contributed by atoms with Gasteiger partial charge in [-0.05, 0) is 92.9 Å². The minimum atomic E-state index is -4.83. The van der Waals surface area contributed by atoms with Crippen LogP contribution < -0.4 is 14.5 Å². The molecule has 0 unspecified atom stereocenters. The van der Waals surface area contributed by atoms with E-state index in [9.17, 15) is 22.8 Å². The molecule has 1 aromatic carbocycles. The zero-order valence-corrected chi connectivity index (χ0v) is 23.8. The van der Waals surface area contributed by atoms with Crippen LogP contribution >= 0.6 is 12.2 Å². The lowest BCUT2D eigenvalue weighted by molar-refractivity contribution is -0.138. The summed E-state index contributed by atoms with van der Waals surface area (Å²) in [5.74, 6) is 0.675. The van der Waals surface area contributed by atoms with Crippen molar-refractivity contribution in [2.24, 2.45) is 5.92 Å². The molecule has 1 spiro atoms. The fourth-order valence-electron chi connectivity index (χ4n) is 5.96. The molecule has 0 radical (unpaired) electrons. The van der Waals surface area contributed by atoms with Crippen LogP contribution in [0.25, 0.3) is 0 Å². The third-order valence-electron chi connectivity index (χ3n) is 8.49. The Kier molecular flexibility index (Phi) is 8.02. The molecule has 1 N–H and O–H groups in total. The van der Waals surface area contributed by atoms with Crippen LogP contribution in [0.1, 0.15) is 62.3 Å². The second-order valence-corrected chi connectivity index (χ2v) is 11.2. The van der Waals surface area contributed by atoms with E-state index >= 15 is 0 Å². The molecule has 1 saturated carbocycles. The average Bonchev–Trinajstić information content (AvgIpc) is 3.19. The Morgan fingerprint density at radius 3 is 2.52 bits per heavy atom. The number of piperidine rings is 1. The molecule has 2 saturated heterocycles. The number of rotatable bonds is 7. The van der Waals surface area contributed by atoms with Gasteiger partial charge in [-0.1, -0.05) is 6.92 Å². The molecule has 9 nitrogen and oxygen atoms in total. The number of halogens is 3. The summed E-state index contributed by atoms with van der Waals surface area (Å²) in [6, 6.07) is 7.75. The molecule has 2 amide bonds. The molecule has 3 fully saturated rings. The molecule has 0 atom stereocenters. The lowest BCUT2D eigenvalue weighted by Gasteiger charge is -2.43. The first-order valence-corrected chi connectivity index (χ1v) is 14.3. The second-order valence-electron chi connectivity index (χ2n) is 10.8. The molecule has 3 heterocycles. The maximum atomic E-state index is 13.8. The molecule has 1 aromatic heterocycles. The standard InChI is InChI=1S/C29H30F3N5O4S/c1-2-19-14-20(4-5-24(19)41-13-8-18-6-11-35(12-7-18)27(39)40)37-26(42)36(25(38)28(37)9-3-10-28)21-15-22(29(30,31)32)23(16-33)34-17-21/h4-5,14-15,17-18H,2-3,6-13H2,1H3,(H,39,40). The van der Waals surface area contributed by atoms with E-state index in [-0.39, 0.29) is 10.8 Å². The maximum absolute atomic E-state index is 13.8. The number of aryl methyl sites for hydroxylation is 1. The number of ether oxygens (including phenoxy) is 1. The molecule has 1 aliphatic carbocycles. The number of carbonyl (C=O) groups is 2. The summed E-state index contributed by atoms with van der Waals surface area (Å²) < 4.78 is 47.1. The Hall–Kier alpha value is -3.92. The molecule has 2 aliphatic heterocycles. The van der Waals surface area contributed by atoms with E-state index in [0.29, 0.717) is 56.3 Å². The molecule has 222 valence electrons. The number of benzene rings is 1. The number of anilines is 2. The predicted molar refractivity (Wildman–Crippen MR) is 151 cm³/mol. The quantitative estimate of drug-likeness (QED) is 0.400. The van der Waals surface area contributed by atoms with Crippen LogP contribution in [0.15, 0.2) is 30.5 Å². The first kappa shape index (κ1) is 29.6. The van der Waals surface area contributed by atoms with E-state index in [1.165, 1.54) is 11.0 Å². The van der Waals surface area contributed by atoms with E-state index in [0.717, 1.165) is 48.4 Å². The summed E-state index contributed by atoms with van der Waals surface area (Å²) in [4.78, 5) is 32.8. The van der Waals surface area contributed by atoms with Gasteiger partial charge in [-0.15, -0.1) is 0 Å². The number of hydrogen-bond donors (Lipinski definition) is 1. The largest absolute Gasteiger partial charge is 0.493 e. The van der Waals surface area contributed by atoms with Crippen LogP contribution in [0.4, 0.5) is 29.3 Å². The summed E-state index contributed by atoms with van der Waals surface area (Å²) in [6.07, 6.45) is 0.174. The molecular weight excluding hydrogens is 571 g/mol. The highest BCUT2D eigenvalue weighted by Gasteiger charge is 2.59. The highest BCUT2D eigenvalue weighted by molar-refractivity contribution is 7.81. The van der Waals surface area contributed by atoms with E-state index < -0.39 is 35.0 Å². The van der Waals surface area contributed by atoms with Gasteiger partial charge in [-0.3, -0.25) is 9.69 Å². The summed E-state index contributed by atoms with van der Waals surface area (Å²) in [6.45, 7) is 3.51. The molecule has 42 heavy (non-hydrogen) atoms. The molecular formula is C29H30F3N5O4S. The van der Waals surface area contributed by atoms with Gasteiger partial charge in [0.05, 0.1) is 24.1 Å². The van der Waals surface area contributed by atoms with E-state index in [4.69, 9.17) is 27.3 Å². The number of likely N-dealkylation sites (tertiary alicyclic amines) is 1. The lowest BCUT2D eigenvalue weighted by atomic mass is 9.75. The zero-order chi connectivity index (χ0) is 30.2. The van der Waals surface area contributed by atoms with Gasteiger partial charge in [0.15, 0.2) is 10.8 Å². The predicted octanol–water partition coefficient (Wildman–Crippen LogP) is 5.75. The van der Waals surface area contributed by atoms with Gasteiger partial charge in [0.1, 0.15) is 17.4 Å². The van der Waals surface area contributed by atoms with Crippen molar-refractivity contribution in [3.8, 4) is 11.8 Å². The van der Waals surface area contributed by atoms with Crippen molar-refractivity contribution in [3.63, 3.8) is 0 Å². The van der Waals surface area contributed by atoms with Gasteiger partial charge in [-0.25, -0.2) is 9.78 Å². The minimum Gasteiger partial charge on any atom is -0.493 e. The molecule has 5 rings (SSSR count). The normalized spacial score (nSPS) is 18.8. The molecule has 13 heteroatoms. The van der Waals surface area contributed by atoms with Crippen molar-refractivity contribution in [1.29, 1.82) is 5.26 Å². The van der Waals surface area contributed by atoms with Crippen LogP contribution in [-0.4, -0.2) is 57.3 Å². The Labute approximate surface area is 246 Å². The third-order valence-corrected chi connectivity index (χ3v) is 8.85. The van der Waals surface area contributed by atoms with Crippen molar-refractivity contribution in [3.05, 3.63) is 47.3 Å². The van der Waals surface area contributed by atoms with Crippen molar-refractivity contribution < 1.29 is 32.6 Å². The Morgan fingerprint density at radius 2 is 1.95 bits per heavy atom. The molecule has 3 aliphatic rings. The number of aromatic nitrogens is 1. The number of thiocarbonyl (C=S) groups is 1. The number of hydrogen-bond acceptors (Lipinski definition) is 6. The van der Waals surface area contributed by atoms with Gasteiger partial charge in [0.2, 0.25) is 0 Å². The number of amides is 2. The molecule has 2 aromatic rings. The van der Waals surface area contributed by atoms with Crippen LogP contribution in [0, 0.1) is 17.2 Å². The fraction of sp³-hybridized carbons (Fsp3) is 0.483. The maximum Gasteiger partial charge on any atom is 0.419 e.